The van der Waals surface area contributed by atoms with Crippen molar-refractivity contribution in [3.63, 3.8) is 0 Å². The molecule has 2 rings (SSSR count). The number of carbonyl (C=O) groups excluding carboxylic acids is 2. The molecular formula is C19H32N2O14. The van der Waals surface area contributed by atoms with Gasteiger partial charge in [0.05, 0.1) is 25.4 Å². The molecule has 2 saturated heterocycles. The van der Waals surface area contributed by atoms with E-state index in [4.69, 9.17) is 19.3 Å². The lowest BCUT2D eigenvalue weighted by Crippen LogP contribution is -2.68. The average molecular weight is 512 g/mol. The molecule has 16 nitrogen and oxygen atoms in total. The third-order valence-electron chi connectivity index (χ3n) is 5.76. The quantitative estimate of drug-likeness (QED) is 0.138. The minimum atomic E-state index is -2.71. The number of ether oxygens (including phenoxy) is 3. The smallest absolute Gasteiger partial charge is 0.364 e. The zero-order chi connectivity index (χ0) is 26.7. The van der Waals surface area contributed by atoms with Gasteiger partial charge in [-0.3, -0.25) is 9.59 Å². The average Bonchev–Trinajstić information content (AvgIpc) is 2.78. The number of rotatable bonds is 9. The number of carboxylic acid groups (broad SMARTS) is 1. The molecule has 11 atom stereocenters. The Bertz CT molecular complexity index is 770. The minimum absolute atomic E-state index is 0.628. The number of aliphatic hydroxyl groups excluding tert-OH is 7. The van der Waals surface area contributed by atoms with Gasteiger partial charge in [-0.2, -0.15) is 0 Å². The van der Waals surface area contributed by atoms with Gasteiger partial charge in [-0.1, -0.05) is 0 Å². The third kappa shape index (κ3) is 6.62. The van der Waals surface area contributed by atoms with Crippen LogP contribution in [0.2, 0.25) is 0 Å². The molecule has 202 valence electrons. The first-order valence-electron chi connectivity index (χ1n) is 10.7. The van der Waals surface area contributed by atoms with E-state index in [9.17, 15) is 50.1 Å². The molecule has 0 saturated carbocycles. The lowest BCUT2D eigenvalue weighted by atomic mass is 9.88. The van der Waals surface area contributed by atoms with Crippen molar-refractivity contribution < 1.29 is 69.4 Å². The number of amides is 2. The molecule has 2 fully saturated rings. The van der Waals surface area contributed by atoms with Crippen molar-refractivity contribution in [1.29, 1.82) is 0 Å². The van der Waals surface area contributed by atoms with Crippen LogP contribution >= 0.6 is 0 Å². The molecule has 10 N–H and O–H groups in total. The van der Waals surface area contributed by atoms with E-state index in [0.29, 0.717) is 0 Å². The summed E-state index contributed by atoms with van der Waals surface area (Å²) in [4.78, 5) is 34.9. The molecule has 0 bridgehead atoms. The Kier molecular flexibility index (Phi) is 9.88. The summed E-state index contributed by atoms with van der Waals surface area (Å²) in [6.07, 6.45) is -14.9. The SMILES string of the molecule is CC(=O)NC1C(O)[C@@H](O)C(CO[C@]2(C(=O)O)CC(O)[C@@H](NC(C)=O)C([C@H](O)[C@H](O)CO)O2)O[C@H]1O. The maximum Gasteiger partial charge on any atom is 0.364 e. The lowest BCUT2D eigenvalue weighted by molar-refractivity contribution is -0.328. The monoisotopic (exact) mass is 512 g/mol. The summed E-state index contributed by atoms with van der Waals surface area (Å²) in [5.41, 5.74) is 0. The predicted molar refractivity (Wildman–Crippen MR) is 109 cm³/mol. The van der Waals surface area contributed by atoms with Crippen molar-refractivity contribution in [3.05, 3.63) is 0 Å². The van der Waals surface area contributed by atoms with E-state index in [1.54, 1.807) is 0 Å². The van der Waals surface area contributed by atoms with E-state index in [0.717, 1.165) is 13.8 Å². The van der Waals surface area contributed by atoms with Gasteiger partial charge in [0, 0.05) is 20.3 Å². The first-order chi connectivity index (χ1) is 16.2. The van der Waals surface area contributed by atoms with Crippen molar-refractivity contribution in [2.45, 2.75) is 87.2 Å². The van der Waals surface area contributed by atoms with Gasteiger partial charge >= 0.3 is 5.97 Å². The van der Waals surface area contributed by atoms with Crippen molar-refractivity contribution >= 4 is 17.8 Å². The van der Waals surface area contributed by atoms with Crippen molar-refractivity contribution in [2.24, 2.45) is 0 Å². The number of hydrogen-bond donors (Lipinski definition) is 10. The maximum absolute atomic E-state index is 12.1. The van der Waals surface area contributed by atoms with Crippen LogP contribution < -0.4 is 10.6 Å². The van der Waals surface area contributed by atoms with Crippen molar-refractivity contribution in [3.8, 4) is 0 Å². The van der Waals surface area contributed by atoms with E-state index in [1.807, 2.05) is 0 Å². The minimum Gasteiger partial charge on any atom is -0.477 e. The highest BCUT2D eigenvalue weighted by Crippen LogP contribution is 2.34. The van der Waals surface area contributed by atoms with Crippen LogP contribution in [0.3, 0.4) is 0 Å². The van der Waals surface area contributed by atoms with E-state index >= 15 is 0 Å². The van der Waals surface area contributed by atoms with E-state index < -0.39 is 104 Å². The van der Waals surface area contributed by atoms with Gasteiger partial charge in [-0.25, -0.2) is 4.79 Å². The molecule has 2 amide bonds. The molecular weight excluding hydrogens is 480 g/mol. The second-order valence-corrected chi connectivity index (χ2v) is 8.46. The van der Waals surface area contributed by atoms with Gasteiger partial charge in [0.15, 0.2) is 6.29 Å². The molecule has 0 spiro atoms. The molecule has 0 aromatic rings. The summed E-state index contributed by atoms with van der Waals surface area (Å²) in [7, 11) is 0. The van der Waals surface area contributed by atoms with Crippen LogP contribution in [0, 0.1) is 0 Å². The number of nitrogens with one attached hydrogen (secondary N) is 2. The topological polar surface area (TPSA) is 265 Å². The Morgan fingerprint density at radius 2 is 1.60 bits per heavy atom. The van der Waals surface area contributed by atoms with Gasteiger partial charge in [0.2, 0.25) is 11.8 Å². The summed E-state index contributed by atoms with van der Waals surface area (Å²) in [5.74, 6) is -5.80. The lowest BCUT2D eigenvalue weighted by Gasteiger charge is -2.47. The summed E-state index contributed by atoms with van der Waals surface area (Å²) < 4.78 is 15.9. The van der Waals surface area contributed by atoms with Gasteiger partial charge in [0.1, 0.15) is 42.7 Å². The molecule has 0 radical (unpaired) electrons. The highest BCUT2D eigenvalue weighted by molar-refractivity contribution is 5.76. The predicted octanol–water partition coefficient (Wildman–Crippen LogP) is -5.90. The molecule has 0 aliphatic carbocycles. The molecule has 16 heteroatoms. The maximum atomic E-state index is 12.1. The van der Waals surface area contributed by atoms with Crippen LogP contribution in [0.15, 0.2) is 0 Å². The van der Waals surface area contributed by atoms with Gasteiger partial charge in [0.25, 0.3) is 5.79 Å². The number of hydrogen-bond acceptors (Lipinski definition) is 13. The first-order valence-corrected chi connectivity index (χ1v) is 10.7. The Labute approximate surface area is 199 Å². The Morgan fingerprint density at radius 3 is 2.11 bits per heavy atom. The third-order valence-corrected chi connectivity index (χ3v) is 5.76. The van der Waals surface area contributed by atoms with Crippen LogP contribution in [-0.2, 0) is 28.6 Å². The molecule has 35 heavy (non-hydrogen) atoms. The summed E-state index contributed by atoms with van der Waals surface area (Å²) in [5, 5.41) is 84.9. The molecule has 2 heterocycles. The highest BCUT2D eigenvalue weighted by Gasteiger charge is 2.56. The first kappa shape index (κ1) is 29.2. The van der Waals surface area contributed by atoms with Gasteiger partial charge < -0.3 is 65.7 Å². The number of aliphatic carboxylic acids is 1. The second kappa shape index (κ2) is 11.8. The van der Waals surface area contributed by atoms with Gasteiger partial charge in [-0.05, 0) is 0 Å². The Balaban J connectivity index is 2.25. The second-order valence-electron chi connectivity index (χ2n) is 8.46. The fraction of sp³-hybridized carbons (Fsp3) is 0.842. The number of aliphatic hydroxyl groups is 7. The summed E-state index contributed by atoms with van der Waals surface area (Å²) >= 11 is 0. The molecule has 0 aromatic carbocycles. The largest absolute Gasteiger partial charge is 0.477 e. The summed E-state index contributed by atoms with van der Waals surface area (Å²) in [6.45, 7) is 0.409. The van der Waals surface area contributed by atoms with E-state index in [-0.39, 0.29) is 0 Å². The van der Waals surface area contributed by atoms with Gasteiger partial charge in [-0.15, -0.1) is 0 Å². The molecule has 2 aliphatic heterocycles. The fourth-order valence-electron chi connectivity index (χ4n) is 3.97. The summed E-state index contributed by atoms with van der Waals surface area (Å²) in [6, 6.07) is -2.80. The van der Waals surface area contributed by atoms with E-state index in [2.05, 4.69) is 10.6 Å². The standard InChI is InChI=1S/C19H32N2O14/c1-6(23)20-11-8(25)3-19(18(31)32,35-16(11)13(27)9(26)4-22)33-5-10-14(28)15(29)12(17(30)34-10)21-7(2)24/h8-17,22,25-30H,3-5H2,1-2H3,(H,20,23)(H,21,24)(H,31,32)/t8?,9-,10?,11-,12?,13-,14+,15?,16?,17-,19-/m1/s1. The van der Waals surface area contributed by atoms with Crippen LogP contribution in [0.1, 0.15) is 20.3 Å². The van der Waals surface area contributed by atoms with Crippen molar-refractivity contribution in [1.82, 2.24) is 10.6 Å². The van der Waals surface area contributed by atoms with Crippen molar-refractivity contribution in [2.75, 3.05) is 13.2 Å². The van der Waals surface area contributed by atoms with Crippen LogP contribution in [0.25, 0.3) is 0 Å². The Morgan fingerprint density at radius 1 is 1.03 bits per heavy atom. The number of carbonyl (C=O) groups is 3. The molecule has 5 unspecified atom stereocenters. The molecule has 2 aliphatic rings. The Hall–Kier alpha value is -1.99. The van der Waals surface area contributed by atoms with Crippen LogP contribution in [-0.4, -0.2) is 139 Å². The van der Waals surface area contributed by atoms with E-state index in [1.165, 1.54) is 0 Å². The fourth-order valence-corrected chi connectivity index (χ4v) is 3.97. The van der Waals surface area contributed by atoms with Crippen LogP contribution in [0.4, 0.5) is 0 Å². The highest BCUT2D eigenvalue weighted by atomic mass is 16.7. The normalized spacial score (nSPS) is 39.3. The molecule has 0 aromatic heterocycles. The zero-order valence-electron chi connectivity index (χ0n) is 18.9. The number of carboxylic acids is 1. The van der Waals surface area contributed by atoms with Crippen LogP contribution in [0.5, 0.6) is 0 Å². The zero-order valence-corrected chi connectivity index (χ0v) is 18.9.